The number of nitrogens with zero attached hydrogens (tertiary/aromatic N) is 4. The molecule has 0 amide bonds. The molecule has 4 aliphatic carbocycles. The lowest BCUT2D eigenvalue weighted by Crippen LogP contribution is -2.69. The molecule has 47 heavy (non-hydrogen) atoms. The van der Waals surface area contributed by atoms with Crippen LogP contribution < -0.4 is 11.5 Å². The van der Waals surface area contributed by atoms with Gasteiger partial charge in [0.05, 0.1) is 31.8 Å². The van der Waals surface area contributed by atoms with Crippen molar-refractivity contribution in [2.75, 3.05) is 25.6 Å². The molecule has 1 unspecified atom stereocenters. The van der Waals surface area contributed by atoms with Crippen LogP contribution in [0.2, 0.25) is 0 Å². The number of nitrogen functional groups attached to an aromatic ring is 1. The van der Waals surface area contributed by atoms with Crippen molar-refractivity contribution in [1.82, 2.24) is 20.2 Å². The molecule has 1 aromatic heterocycles. The molecule has 1 aliphatic heterocycles. The number of aromatic nitrogens is 4. The highest BCUT2D eigenvalue weighted by Gasteiger charge is 2.72. The molecule has 0 radical (unpaired) electrons. The van der Waals surface area contributed by atoms with Crippen molar-refractivity contribution in [3.8, 4) is 0 Å². The van der Waals surface area contributed by atoms with Gasteiger partial charge in [0, 0.05) is 16.4 Å². The minimum atomic E-state index is -0.633. The second-order valence-corrected chi connectivity index (χ2v) is 18.5. The standard InChI is InChI=1S/C37H62N6O4/c1-21(2)23(5)32(6)15-16-34(8)24-11-12-27-33(7)18-46-20-37(27,25(24)13-14-35(34,9)28(32)30(44)45)17-26(43-41-31(38)40-42-43)29(33)47-19-36(10,39)22(3)4/h13,21-24,26-29H,11-12,14-20,39H2,1-10H3,(H2,38,41)(H,44,45)/t23-,24+,26-,27+,28-,29+,32-,33+,34-,35+,36+,37?/m1/s1. The summed E-state index contributed by atoms with van der Waals surface area (Å²) < 4.78 is 13.6. The molecule has 1 saturated heterocycles. The Labute approximate surface area is 282 Å². The fourth-order valence-electron chi connectivity index (χ4n) is 11.9. The van der Waals surface area contributed by atoms with Crippen LogP contribution >= 0.6 is 0 Å². The summed E-state index contributed by atoms with van der Waals surface area (Å²) >= 11 is 0. The molecule has 0 aromatic carbocycles. The van der Waals surface area contributed by atoms with Gasteiger partial charge in [0.2, 0.25) is 0 Å². The van der Waals surface area contributed by atoms with E-state index in [0.29, 0.717) is 37.6 Å². The van der Waals surface area contributed by atoms with Crippen LogP contribution in [0, 0.1) is 62.6 Å². The molecule has 5 aliphatic rings. The normalized spacial score (nSPS) is 45.0. The van der Waals surface area contributed by atoms with Gasteiger partial charge in [-0.1, -0.05) is 79.1 Å². The fraction of sp³-hybridized carbons (Fsp3) is 0.892. The fourth-order valence-corrected chi connectivity index (χ4v) is 11.9. The number of aliphatic carboxylic acids is 1. The zero-order chi connectivity index (χ0) is 34.5. The zero-order valence-electron chi connectivity index (χ0n) is 30.7. The molecule has 10 nitrogen and oxygen atoms in total. The van der Waals surface area contributed by atoms with Gasteiger partial charge in [0.1, 0.15) is 6.04 Å². The summed E-state index contributed by atoms with van der Waals surface area (Å²) in [5.74, 6) is 0.697. The highest BCUT2D eigenvalue weighted by Crippen LogP contribution is 2.75. The molecule has 10 heteroatoms. The number of hydrogen-bond donors (Lipinski definition) is 3. The molecule has 264 valence electrons. The minimum Gasteiger partial charge on any atom is -0.481 e. The molecule has 1 aromatic rings. The van der Waals surface area contributed by atoms with E-state index in [2.05, 4.69) is 90.7 Å². The van der Waals surface area contributed by atoms with Gasteiger partial charge >= 0.3 is 5.97 Å². The van der Waals surface area contributed by atoms with Crippen LogP contribution in [0.4, 0.5) is 5.95 Å². The highest BCUT2D eigenvalue weighted by atomic mass is 16.5. The third-order valence-electron chi connectivity index (χ3n) is 15.7. The van der Waals surface area contributed by atoms with Gasteiger partial charge < -0.3 is 26.0 Å². The first-order chi connectivity index (χ1) is 21.8. The van der Waals surface area contributed by atoms with Crippen molar-refractivity contribution in [3.05, 3.63) is 11.6 Å². The average molecular weight is 655 g/mol. The number of anilines is 1. The predicted molar refractivity (Wildman–Crippen MR) is 182 cm³/mol. The Kier molecular flexibility index (Phi) is 8.32. The SMILES string of the molecule is CC(C)[C@@H](C)[C@@]1(C)CC[C@]2(C)[C@H]3CC[C@@H]4C5(COC[C@]4(C)[C@@H](OC[C@](C)(N)C(C)C)[C@H](n4nnc(N)n4)C5)C3=CC[C@@]2(C)[C@@H]1C(=O)O. The van der Waals surface area contributed by atoms with Crippen LogP contribution in [0.3, 0.4) is 0 Å². The third-order valence-corrected chi connectivity index (χ3v) is 15.7. The summed E-state index contributed by atoms with van der Waals surface area (Å²) in [6, 6.07) is -0.193. The van der Waals surface area contributed by atoms with E-state index in [1.54, 1.807) is 4.80 Å². The van der Waals surface area contributed by atoms with E-state index in [1.807, 2.05) is 0 Å². The molecule has 3 saturated carbocycles. The third kappa shape index (κ3) is 4.80. The average Bonchev–Trinajstić information content (AvgIpc) is 3.42. The predicted octanol–water partition coefficient (Wildman–Crippen LogP) is 6.14. The van der Waals surface area contributed by atoms with E-state index >= 15 is 0 Å². The summed E-state index contributed by atoms with van der Waals surface area (Å²) in [5, 5.41) is 24.1. The van der Waals surface area contributed by atoms with Crippen molar-refractivity contribution in [3.63, 3.8) is 0 Å². The van der Waals surface area contributed by atoms with Crippen molar-refractivity contribution >= 4 is 11.9 Å². The molecule has 2 heterocycles. The number of carboxylic acid groups (broad SMARTS) is 1. The van der Waals surface area contributed by atoms with Crippen LogP contribution in [-0.4, -0.2) is 62.7 Å². The van der Waals surface area contributed by atoms with Gasteiger partial charge in [-0.3, -0.25) is 4.79 Å². The Bertz CT molecular complexity index is 1410. The maximum absolute atomic E-state index is 13.4. The second kappa shape index (κ2) is 11.2. The first-order valence-corrected chi connectivity index (χ1v) is 18.2. The lowest BCUT2D eigenvalue weighted by atomic mass is 9.34. The molecule has 2 bridgehead atoms. The first kappa shape index (κ1) is 34.8. The van der Waals surface area contributed by atoms with E-state index in [-0.39, 0.29) is 57.0 Å². The Morgan fingerprint density at radius 3 is 2.43 bits per heavy atom. The van der Waals surface area contributed by atoms with Crippen LogP contribution in [-0.2, 0) is 14.3 Å². The van der Waals surface area contributed by atoms with Crippen molar-refractivity contribution in [1.29, 1.82) is 0 Å². The summed E-state index contributed by atoms with van der Waals surface area (Å²) in [4.78, 5) is 15.1. The van der Waals surface area contributed by atoms with Crippen LogP contribution in [0.1, 0.15) is 114 Å². The number of ether oxygens (including phenoxy) is 2. The number of hydrogen-bond acceptors (Lipinski definition) is 8. The molecular weight excluding hydrogens is 592 g/mol. The lowest BCUT2D eigenvalue weighted by molar-refractivity contribution is -0.253. The molecule has 4 fully saturated rings. The largest absolute Gasteiger partial charge is 0.481 e. The number of rotatable bonds is 8. The Balaban J connectivity index is 1.44. The monoisotopic (exact) mass is 654 g/mol. The second-order valence-electron chi connectivity index (χ2n) is 18.5. The van der Waals surface area contributed by atoms with Crippen molar-refractivity contribution < 1.29 is 19.4 Å². The molecule has 0 spiro atoms. The topological polar surface area (TPSA) is 151 Å². The summed E-state index contributed by atoms with van der Waals surface area (Å²) in [5.41, 5.74) is 12.5. The Morgan fingerprint density at radius 2 is 1.83 bits per heavy atom. The smallest absolute Gasteiger partial charge is 0.307 e. The number of carbonyl (C=O) groups is 1. The van der Waals surface area contributed by atoms with Gasteiger partial charge in [-0.2, -0.15) is 4.80 Å². The van der Waals surface area contributed by atoms with Crippen molar-refractivity contribution in [2.45, 2.75) is 125 Å². The van der Waals surface area contributed by atoms with Gasteiger partial charge in [0.15, 0.2) is 0 Å². The van der Waals surface area contributed by atoms with E-state index in [4.69, 9.17) is 20.9 Å². The van der Waals surface area contributed by atoms with E-state index in [1.165, 1.54) is 5.57 Å². The quantitative estimate of drug-likeness (QED) is 0.281. The molecule has 12 atom stereocenters. The van der Waals surface area contributed by atoms with Gasteiger partial charge in [-0.25, -0.2) is 0 Å². The lowest BCUT2D eigenvalue weighted by Gasteiger charge is -2.71. The maximum Gasteiger partial charge on any atom is 0.307 e. The van der Waals surface area contributed by atoms with Gasteiger partial charge in [-0.05, 0) is 96.5 Å². The minimum absolute atomic E-state index is 0.151. The van der Waals surface area contributed by atoms with E-state index in [9.17, 15) is 9.90 Å². The van der Waals surface area contributed by atoms with Crippen molar-refractivity contribution in [2.24, 2.45) is 68.3 Å². The number of nitrogens with two attached hydrogens (primary N) is 2. The van der Waals surface area contributed by atoms with Crippen LogP contribution in [0.15, 0.2) is 11.6 Å². The van der Waals surface area contributed by atoms with Crippen LogP contribution in [0.25, 0.3) is 0 Å². The zero-order valence-corrected chi connectivity index (χ0v) is 30.7. The number of fused-ring (bicyclic) bond motifs is 3. The van der Waals surface area contributed by atoms with Gasteiger partial charge in [0.25, 0.3) is 5.95 Å². The van der Waals surface area contributed by atoms with E-state index < -0.39 is 17.4 Å². The summed E-state index contributed by atoms with van der Waals surface area (Å²) in [7, 11) is 0. The number of tetrazole rings is 1. The summed E-state index contributed by atoms with van der Waals surface area (Å²) in [6.07, 6.45) is 7.83. The summed E-state index contributed by atoms with van der Waals surface area (Å²) in [6.45, 7) is 24.1. The molecular formula is C37H62N6O4. The first-order valence-electron chi connectivity index (χ1n) is 18.2. The number of carboxylic acids is 1. The van der Waals surface area contributed by atoms with Gasteiger partial charge in [-0.15, -0.1) is 5.10 Å². The van der Waals surface area contributed by atoms with E-state index in [0.717, 1.165) is 38.5 Å². The Hall–Kier alpha value is -2.04. The Morgan fingerprint density at radius 1 is 1.13 bits per heavy atom. The molecule has 6 rings (SSSR count). The molecule has 5 N–H and O–H groups in total. The highest BCUT2D eigenvalue weighted by molar-refractivity contribution is 5.73. The van der Waals surface area contributed by atoms with Crippen LogP contribution in [0.5, 0.6) is 0 Å². The maximum atomic E-state index is 13.4. The number of allylic oxidation sites excluding steroid dienone is 1.